The number of ether oxygens (including phenoxy) is 1. The van der Waals surface area contributed by atoms with Crippen LogP contribution >= 0.6 is 0 Å². The third-order valence-electron chi connectivity index (χ3n) is 3.96. The first kappa shape index (κ1) is 14.7. The number of carbonyl (C=O) groups is 1. The van der Waals surface area contributed by atoms with Gasteiger partial charge in [-0.05, 0) is 19.4 Å². The summed E-state index contributed by atoms with van der Waals surface area (Å²) >= 11 is 0. The van der Waals surface area contributed by atoms with Gasteiger partial charge in [0, 0.05) is 24.5 Å². The van der Waals surface area contributed by atoms with Crippen LogP contribution in [-0.2, 0) is 16.1 Å². The van der Waals surface area contributed by atoms with Gasteiger partial charge in [-0.25, -0.2) is 4.68 Å². The molecule has 1 aliphatic rings. The van der Waals surface area contributed by atoms with E-state index in [1.54, 1.807) is 6.07 Å². The Morgan fingerprint density at radius 2 is 2.18 bits per heavy atom. The summed E-state index contributed by atoms with van der Waals surface area (Å²) in [5.74, 6) is 0.170. The molecule has 0 aliphatic carbocycles. The van der Waals surface area contributed by atoms with Crippen molar-refractivity contribution in [2.75, 3.05) is 19.8 Å². The molecule has 1 atom stereocenters. The predicted molar refractivity (Wildman–Crippen MR) is 82.7 cm³/mol. The predicted octanol–water partition coefficient (Wildman–Crippen LogP) is 0.858. The van der Waals surface area contributed by atoms with Crippen LogP contribution in [0.5, 0.6) is 0 Å². The van der Waals surface area contributed by atoms with Gasteiger partial charge in [0.25, 0.3) is 5.56 Å². The van der Waals surface area contributed by atoms with Crippen molar-refractivity contribution in [3.8, 4) is 0 Å². The molecule has 6 heteroatoms. The minimum atomic E-state index is -0.236. The van der Waals surface area contributed by atoms with Crippen molar-refractivity contribution in [1.82, 2.24) is 15.1 Å². The highest BCUT2D eigenvalue weighted by atomic mass is 16.5. The molecule has 0 bridgehead atoms. The largest absolute Gasteiger partial charge is 0.381 e. The second-order valence-electron chi connectivity index (χ2n) is 5.63. The zero-order chi connectivity index (χ0) is 15.5. The Morgan fingerprint density at radius 1 is 1.41 bits per heavy atom. The summed E-state index contributed by atoms with van der Waals surface area (Å²) in [6.45, 7) is 3.81. The third kappa shape index (κ3) is 3.01. The molecule has 2 heterocycles. The highest BCUT2D eigenvalue weighted by Crippen LogP contribution is 2.12. The van der Waals surface area contributed by atoms with Crippen LogP contribution in [0.2, 0.25) is 0 Å². The van der Waals surface area contributed by atoms with Crippen LogP contribution in [-0.4, -0.2) is 35.4 Å². The summed E-state index contributed by atoms with van der Waals surface area (Å²) in [6.07, 6.45) is 0.966. The maximum Gasteiger partial charge on any atom is 0.275 e. The Labute approximate surface area is 128 Å². The zero-order valence-electron chi connectivity index (χ0n) is 12.5. The summed E-state index contributed by atoms with van der Waals surface area (Å²) in [6, 6.07) is 7.31. The van der Waals surface area contributed by atoms with Gasteiger partial charge in [0.15, 0.2) is 0 Å². The number of fused-ring (bicyclic) bond motifs is 1. The highest BCUT2D eigenvalue weighted by Gasteiger charge is 2.17. The van der Waals surface area contributed by atoms with Crippen LogP contribution in [0.3, 0.4) is 0 Å². The quantitative estimate of drug-likeness (QED) is 0.909. The molecule has 0 saturated carbocycles. The van der Waals surface area contributed by atoms with Crippen molar-refractivity contribution in [1.29, 1.82) is 0 Å². The van der Waals surface area contributed by atoms with E-state index in [-0.39, 0.29) is 18.0 Å². The molecule has 2 aromatic rings. The molecule has 0 radical (unpaired) electrons. The van der Waals surface area contributed by atoms with Gasteiger partial charge in [0.2, 0.25) is 5.91 Å². The second-order valence-corrected chi connectivity index (χ2v) is 5.63. The lowest BCUT2D eigenvalue weighted by Gasteiger charge is -2.11. The maximum absolute atomic E-state index is 12.4. The molecule has 22 heavy (non-hydrogen) atoms. The van der Waals surface area contributed by atoms with Crippen molar-refractivity contribution in [3.63, 3.8) is 0 Å². The smallest absolute Gasteiger partial charge is 0.275 e. The Bertz CT molecular complexity index is 748. The zero-order valence-corrected chi connectivity index (χ0v) is 12.5. The van der Waals surface area contributed by atoms with Gasteiger partial charge in [0.1, 0.15) is 6.54 Å². The topological polar surface area (TPSA) is 73.2 Å². The summed E-state index contributed by atoms with van der Waals surface area (Å²) in [5, 5.41) is 8.50. The van der Waals surface area contributed by atoms with E-state index in [9.17, 15) is 9.59 Å². The minimum absolute atomic E-state index is 0.0575. The number of carbonyl (C=O) groups excluding carboxylic acids is 1. The second kappa shape index (κ2) is 6.27. The molecular formula is C16H19N3O3. The number of aryl methyl sites for hydroxylation is 1. The van der Waals surface area contributed by atoms with E-state index in [1.165, 1.54) is 4.68 Å². The number of hydrogen-bond acceptors (Lipinski definition) is 4. The molecule has 1 aromatic heterocycles. The van der Waals surface area contributed by atoms with Gasteiger partial charge in [-0.1, -0.05) is 18.2 Å². The van der Waals surface area contributed by atoms with E-state index in [2.05, 4.69) is 10.4 Å². The van der Waals surface area contributed by atoms with E-state index in [0.717, 1.165) is 24.1 Å². The highest BCUT2D eigenvalue weighted by molar-refractivity contribution is 5.83. The van der Waals surface area contributed by atoms with Gasteiger partial charge in [-0.15, -0.1) is 0 Å². The number of hydrogen-bond donors (Lipinski definition) is 1. The lowest BCUT2D eigenvalue weighted by atomic mass is 10.1. The Hall–Kier alpha value is -2.21. The fourth-order valence-electron chi connectivity index (χ4n) is 2.71. The molecule has 1 saturated heterocycles. The van der Waals surface area contributed by atoms with Crippen LogP contribution in [0.25, 0.3) is 10.8 Å². The molecule has 0 spiro atoms. The fourth-order valence-corrected chi connectivity index (χ4v) is 2.71. The molecule has 1 unspecified atom stereocenters. The van der Waals surface area contributed by atoms with Gasteiger partial charge in [0.05, 0.1) is 17.7 Å². The van der Waals surface area contributed by atoms with Crippen molar-refractivity contribution >= 4 is 16.7 Å². The maximum atomic E-state index is 12.4. The summed E-state index contributed by atoms with van der Waals surface area (Å²) in [4.78, 5) is 24.4. The van der Waals surface area contributed by atoms with Gasteiger partial charge < -0.3 is 10.1 Å². The summed E-state index contributed by atoms with van der Waals surface area (Å²) in [7, 11) is 0. The molecule has 1 amide bonds. The monoisotopic (exact) mass is 301 g/mol. The van der Waals surface area contributed by atoms with Crippen molar-refractivity contribution < 1.29 is 9.53 Å². The molecule has 1 N–H and O–H groups in total. The van der Waals surface area contributed by atoms with Crippen LogP contribution in [0, 0.1) is 12.8 Å². The number of amides is 1. The molecular weight excluding hydrogens is 282 g/mol. The average Bonchev–Trinajstić information content (AvgIpc) is 3.04. The SMILES string of the molecule is Cc1nn(CC(=O)NCC2CCOC2)c(=O)c2ccccc12. The third-order valence-corrected chi connectivity index (χ3v) is 3.96. The van der Waals surface area contributed by atoms with Gasteiger partial charge in [-0.2, -0.15) is 5.10 Å². The molecule has 6 nitrogen and oxygen atoms in total. The van der Waals surface area contributed by atoms with Crippen molar-refractivity contribution in [2.45, 2.75) is 19.9 Å². The van der Waals surface area contributed by atoms with E-state index >= 15 is 0 Å². The summed E-state index contributed by atoms with van der Waals surface area (Å²) in [5.41, 5.74) is 0.507. The molecule has 1 aliphatic heterocycles. The van der Waals surface area contributed by atoms with Crippen LogP contribution in [0.1, 0.15) is 12.1 Å². The first-order valence-electron chi connectivity index (χ1n) is 7.46. The van der Waals surface area contributed by atoms with Gasteiger partial charge >= 0.3 is 0 Å². The Morgan fingerprint density at radius 3 is 2.91 bits per heavy atom. The van der Waals surface area contributed by atoms with E-state index in [0.29, 0.717) is 24.5 Å². The molecule has 116 valence electrons. The average molecular weight is 301 g/mol. The Balaban J connectivity index is 1.74. The lowest BCUT2D eigenvalue weighted by Crippen LogP contribution is -2.36. The number of benzene rings is 1. The van der Waals surface area contributed by atoms with Crippen molar-refractivity contribution in [2.24, 2.45) is 5.92 Å². The van der Waals surface area contributed by atoms with E-state index in [1.807, 2.05) is 25.1 Å². The first-order valence-corrected chi connectivity index (χ1v) is 7.46. The number of nitrogens with one attached hydrogen (secondary N) is 1. The van der Waals surface area contributed by atoms with E-state index < -0.39 is 0 Å². The fraction of sp³-hybridized carbons (Fsp3) is 0.438. The first-order chi connectivity index (χ1) is 10.6. The summed E-state index contributed by atoms with van der Waals surface area (Å²) < 4.78 is 6.51. The standard InChI is InChI=1S/C16H19N3O3/c1-11-13-4-2-3-5-14(13)16(21)19(18-11)9-15(20)17-8-12-6-7-22-10-12/h2-5,12H,6-10H2,1H3,(H,17,20). The number of nitrogens with zero attached hydrogens (tertiary/aromatic N) is 2. The molecule has 1 fully saturated rings. The van der Waals surface area contributed by atoms with Crippen molar-refractivity contribution in [3.05, 3.63) is 40.3 Å². The van der Waals surface area contributed by atoms with Gasteiger partial charge in [-0.3, -0.25) is 9.59 Å². The van der Waals surface area contributed by atoms with Crippen LogP contribution < -0.4 is 10.9 Å². The minimum Gasteiger partial charge on any atom is -0.381 e. The number of rotatable bonds is 4. The lowest BCUT2D eigenvalue weighted by molar-refractivity contribution is -0.122. The van der Waals surface area contributed by atoms with E-state index in [4.69, 9.17) is 4.74 Å². The molecule has 1 aromatic carbocycles. The number of aromatic nitrogens is 2. The molecule has 3 rings (SSSR count). The van der Waals surface area contributed by atoms with Crippen LogP contribution in [0.15, 0.2) is 29.1 Å². The normalized spacial score (nSPS) is 17.8. The van der Waals surface area contributed by atoms with Crippen LogP contribution in [0.4, 0.5) is 0 Å². The Kier molecular flexibility index (Phi) is 4.20.